The third-order valence-electron chi connectivity index (χ3n) is 4.09. The summed E-state index contributed by atoms with van der Waals surface area (Å²) >= 11 is 3.13. The Balaban J connectivity index is 1.32. The van der Waals surface area contributed by atoms with Gasteiger partial charge in [-0.2, -0.15) is 16.3 Å². The van der Waals surface area contributed by atoms with E-state index in [1.165, 1.54) is 16.9 Å². The number of benzene rings is 1. The van der Waals surface area contributed by atoms with Crippen molar-refractivity contribution in [2.45, 2.75) is 26.4 Å². The Morgan fingerprint density at radius 1 is 1.11 bits per heavy atom. The summed E-state index contributed by atoms with van der Waals surface area (Å²) in [4.78, 5) is 20.8. The van der Waals surface area contributed by atoms with Gasteiger partial charge in [-0.15, -0.1) is 11.3 Å². The number of hydrogen-bond acceptors (Lipinski definition) is 8. The van der Waals surface area contributed by atoms with Crippen molar-refractivity contribution in [2.75, 3.05) is 0 Å². The predicted molar refractivity (Wildman–Crippen MR) is 108 cm³/mol. The van der Waals surface area contributed by atoms with Crippen molar-refractivity contribution in [1.82, 2.24) is 15.1 Å². The molecule has 4 rings (SSSR count). The molecule has 0 atom stereocenters. The van der Waals surface area contributed by atoms with E-state index in [0.29, 0.717) is 11.5 Å². The average molecular weight is 412 g/mol. The van der Waals surface area contributed by atoms with Gasteiger partial charge in [0.25, 0.3) is 5.89 Å². The molecule has 0 amide bonds. The normalized spacial score (nSPS) is 10.9. The number of aromatic nitrogens is 3. The molecule has 142 valence electrons. The molecule has 8 heteroatoms. The zero-order valence-electron chi connectivity index (χ0n) is 15.1. The number of thiophene rings is 1. The van der Waals surface area contributed by atoms with E-state index in [9.17, 15) is 4.79 Å². The second-order valence-corrected chi connectivity index (χ2v) is 7.69. The molecule has 0 unspecified atom stereocenters. The van der Waals surface area contributed by atoms with Gasteiger partial charge in [-0.05, 0) is 23.4 Å². The molecule has 3 aromatic heterocycles. The fraction of sp³-hybridized carbons (Fsp3) is 0.200. The molecule has 0 fully saturated rings. The van der Waals surface area contributed by atoms with Crippen molar-refractivity contribution in [3.8, 4) is 22.0 Å². The zero-order chi connectivity index (χ0) is 19.3. The lowest BCUT2D eigenvalue weighted by molar-refractivity contribution is -0.144. The Labute approximate surface area is 169 Å². The largest absolute Gasteiger partial charge is 0.455 e. The van der Waals surface area contributed by atoms with E-state index in [1.54, 1.807) is 11.3 Å². The molecule has 0 bridgehead atoms. The van der Waals surface area contributed by atoms with E-state index in [-0.39, 0.29) is 24.9 Å². The molecule has 0 spiro atoms. The van der Waals surface area contributed by atoms with Crippen molar-refractivity contribution in [3.63, 3.8) is 0 Å². The average Bonchev–Trinajstić information content (AvgIpc) is 3.47. The van der Waals surface area contributed by atoms with Crippen LogP contribution in [0.1, 0.15) is 24.1 Å². The van der Waals surface area contributed by atoms with Gasteiger partial charge in [-0.25, -0.2) is 4.98 Å². The minimum atomic E-state index is -0.380. The molecule has 0 saturated heterocycles. The minimum absolute atomic E-state index is 0.0552. The molecular formula is C20H17N3O3S2. The first kappa shape index (κ1) is 18.5. The number of hydrogen-bond donors (Lipinski definition) is 0. The summed E-state index contributed by atoms with van der Waals surface area (Å²) in [6.45, 7) is 2.05. The smallest absolute Gasteiger partial charge is 0.312 e. The van der Waals surface area contributed by atoms with E-state index in [4.69, 9.17) is 9.26 Å². The second kappa shape index (κ2) is 8.45. The van der Waals surface area contributed by atoms with Crippen LogP contribution in [0.15, 0.2) is 51.0 Å². The first-order chi connectivity index (χ1) is 13.7. The van der Waals surface area contributed by atoms with E-state index < -0.39 is 0 Å². The lowest BCUT2D eigenvalue weighted by Gasteiger charge is -1.99. The van der Waals surface area contributed by atoms with Crippen LogP contribution in [0.25, 0.3) is 22.0 Å². The number of rotatable bonds is 7. The van der Waals surface area contributed by atoms with Crippen LogP contribution >= 0.6 is 22.7 Å². The summed E-state index contributed by atoms with van der Waals surface area (Å²) in [5.74, 6) is 0.364. The van der Waals surface area contributed by atoms with Crippen LogP contribution in [0.4, 0.5) is 0 Å². The summed E-state index contributed by atoms with van der Waals surface area (Å²) in [6, 6.07) is 9.97. The van der Waals surface area contributed by atoms with Crippen molar-refractivity contribution in [1.29, 1.82) is 0 Å². The maximum atomic E-state index is 12.1. The molecule has 6 nitrogen and oxygen atoms in total. The maximum Gasteiger partial charge on any atom is 0.312 e. The van der Waals surface area contributed by atoms with Gasteiger partial charge in [0.2, 0.25) is 5.82 Å². The van der Waals surface area contributed by atoms with Crippen molar-refractivity contribution in [3.05, 3.63) is 63.6 Å². The predicted octanol–water partition coefficient (Wildman–Crippen LogP) is 4.77. The lowest BCUT2D eigenvalue weighted by atomic mass is 10.1. The van der Waals surface area contributed by atoms with Crippen LogP contribution in [0.2, 0.25) is 0 Å². The summed E-state index contributed by atoms with van der Waals surface area (Å²) in [7, 11) is 0. The summed E-state index contributed by atoms with van der Waals surface area (Å²) < 4.78 is 10.4. The molecule has 0 aliphatic carbocycles. The van der Waals surface area contributed by atoms with Gasteiger partial charge >= 0.3 is 5.97 Å². The first-order valence-corrected chi connectivity index (χ1v) is 10.6. The summed E-state index contributed by atoms with van der Waals surface area (Å²) in [5, 5.41) is 10.8. The SMILES string of the molecule is CCc1ccc(-c2noc(COC(=O)Cc3csc(-c4ccsc4)n3)n2)cc1. The molecule has 4 aromatic rings. The van der Waals surface area contributed by atoms with Crippen molar-refractivity contribution in [2.24, 2.45) is 0 Å². The summed E-state index contributed by atoms with van der Waals surface area (Å²) in [5.41, 5.74) is 3.87. The monoisotopic (exact) mass is 411 g/mol. The van der Waals surface area contributed by atoms with Gasteiger partial charge in [0.15, 0.2) is 6.61 Å². The maximum absolute atomic E-state index is 12.1. The molecule has 28 heavy (non-hydrogen) atoms. The molecule has 0 N–H and O–H groups in total. The van der Waals surface area contributed by atoms with Gasteiger partial charge in [0.05, 0.1) is 12.1 Å². The van der Waals surface area contributed by atoms with Gasteiger partial charge in [-0.1, -0.05) is 36.3 Å². The fourth-order valence-corrected chi connectivity index (χ4v) is 4.10. The van der Waals surface area contributed by atoms with Gasteiger partial charge < -0.3 is 9.26 Å². The van der Waals surface area contributed by atoms with Gasteiger partial charge in [-0.3, -0.25) is 4.79 Å². The molecular weight excluding hydrogens is 394 g/mol. The third-order valence-corrected chi connectivity index (χ3v) is 5.71. The molecule has 0 aliphatic heterocycles. The van der Waals surface area contributed by atoms with Crippen molar-refractivity contribution >= 4 is 28.6 Å². The van der Waals surface area contributed by atoms with Crippen molar-refractivity contribution < 1.29 is 14.1 Å². The number of ether oxygens (including phenoxy) is 1. The number of carbonyl (C=O) groups is 1. The molecule has 0 aliphatic rings. The number of carbonyl (C=O) groups excluding carboxylic acids is 1. The van der Waals surface area contributed by atoms with E-state index in [1.807, 2.05) is 46.5 Å². The fourth-order valence-electron chi connectivity index (χ4n) is 2.57. The highest BCUT2D eigenvalue weighted by Crippen LogP contribution is 2.26. The Kier molecular flexibility index (Phi) is 5.59. The standard InChI is InChI=1S/C20H17N3O3S2/c1-2-13-3-5-14(6-4-13)19-22-17(26-23-19)10-25-18(24)9-16-12-28-20(21-16)15-7-8-27-11-15/h3-8,11-12H,2,9-10H2,1H3. The Hall–Kier alpha value is -2.84. The number of aryl methyl sites for hydroxylation is 1. The zero-order valence-corrected chi connectivity index (χ0v) is 16.8. The lowest BCUT2D eigenvalue weighted by Crippen LogP contribution is -2.08. The number of nitrogens with zero attached hydrogens (tertiary/aromatic N) is 3. The van der Waals surface area contributed by atoms with Crippen LogP contribution in [-0.2, 0) is 29.0 Å². The number of thiazole rings is 1. The highest BCUT2D eigenvalue weighted by Gasteiger charge is 2.13. The molecule has 1 aromatic carbocycles. The highest BCUT2D eigenvalue weighted by molar-refractivity contribution is 7.14. The third kappa shape index (κ3) is 4.35. The van der Waals surface area contributed by atoms with Crippen LogP contribution in [0.3, 0.4) is 0 Å². The Morgan fingerprint density at radius 3 is 2.71 bits per heavy atom. The van der Waals surface area contributed by atoms with E-state index in [0.717, 1.165) is 22.6 Å². The molecule has 0 saturated carbocycles. The van der Waals surface area contributed by atoms with Crippen LogP contribution < -0.4 is 0 Å². The molecule has 3 heterocycles. The summed E-state index contributed by atoms with van der Waals surface area (Å²) in [6.07, 6.45) is 1.08. The van der Waals surface area contributed by atoms with Crippen LogP contribution in [0, 0.1) is 0 Å². The minimum Gasteiger partial charge on any atom is -0.455 e. The topological polar surface area (TPSA) is 78.1 Å². The van der Waals surface area contributed by atoms with Crippen LogP contribution in [-0.4, -0.2) is 21.1 Å². The van der Waals surface area contributed by atoms with Crippen LogP contribution in [0.5, 0.6) is 0 Å². The first-order valence-electron chi connectivity index (χ1n) is 8.75. The number of esters is 1. The quantitative estimate of drug-likeness (QED) is 0.408. The second-order valence-electron chi connectivity index (χ2n) is 6.06. The van der Waals surface area contributed by atoms with E-state index in [2.05, 4.69) is 22.0 Å². The van der Waals surface area contributed by atoms with E-state index >= 15 is 0 Å². The van der Waals surface area contributed by atoms with Gasteiger partial charge in [0, 0.05) is 21.9 Å². The Bertz CT molecular complexity index is 1050. The molecule has 0 radical (unpaired) electrons. The Morgan fingerprint density at radius 2 is 1.96 bits per heavy atom. The van der Waals surface area contributed by atoms with Gasteiger partial charge in [0.1, 0.15) is 5.01 Å². The highest BCUT2D eigenvalue weighted by atomic mass is 32.1.